The molecule has 0 radical (unpaired) electrons. The third-order valence-corrected chi connectivity index (χ3v) is 5.66. The summed E-state index contributed by atoms with van der Waals surface area (Å²) in [5.74, 6) is 1.35. The Morgan fingerprint density at radius 2 is 1.96 bits per heavy atom. The van der Waals surface area contributed by atoms with Crippen molar-refractivity contribution in [3.8, 4) is 0 Å². The molecule has 0 aliphatic carbocycles. The number of aliphatic hydroxyl groups excluding tert-OH is 1. The van der Waals surface area contributed by atoms with E-state index in [0.29, 0.717) is 11.5 Å². The number of hydrogen-bond donors (Lipinski definition) is 1. The van der Waals surface area contributed by atoms with Crippen molar-refractivity contribution in [2.24, 2.45) is 5.92 Å². The lowest BCUT2D eigenvalue weighted by Gasteiger charge is -2.25. The maximum Gasteiger partial charge on any atom is 0.257 e. The van der Waals surface area contributed by atoms with Gasteiger partial charge >= 0.3 is 0 Å². The molecule has 0 spiro atoms. The summed E-state index contributed by atoms with van der Waals surface area (Å²) in [7, 11) is 0. The van der Waals surface area contributed by atoms with Crippen LogP contribution >= 0.6 is 0 Å². The van der Waals surface area contributed by atoms with Crippen LogP contribution in [-0.2, 0) is 24.3 Å². The van der Waals surface area contributed by atoms with Gasteiger partial charge in [-0.15, -0.1) is 0 Å². The van der Waals surface area contributed by atoms with E-state index in [4.69, 9.17) is 9.15 Å². The number of likely N-dealkylation sites (tertiary alicyclic amines) is 1. The highest BCUT2D eigenvalue weighted by Crippen LogP contribution is 2.24. The van der Waals surface area contributed by atoms with Crippen LogP contribution in [0, 0.1) is 5.92 Å². The molecule has 0 bridgehead atoms. The molecular formula is C22H28N2O4. The smallest absolute Gasteiger partial charge is 0.257 e. The fourth-order valence-corrected chi connectivity index (χ4v) is 4.11. The SMILES string of the molecule is O=C(c1coc(CN2CCOCC2)c1)N1CC[C@@H](Cc2cccc(CO)c2)C1. The van der Waals surface area contributed by atoms with Gasteiger partial charge in [-0.25, -0.2) is 0 Å². The summed E-state index contributed by atoms with van der Waals surface area (Å²) in [6.07, 6.45) is 3.54. The first-order valence-corrected chi connectivity index (χ1v) is 10.1. The summed E-state index contributed by atoms with van der Waals surface area (Å²) < 4.78 is 11.0. The Labute approximate surface area is 165 Å². The average molecular weight is 384 g/mol. The van der Waals surface area contributed by atoms with Crippen LogP contribution < -0.4 is 0 Å². The highest BCUT2D eigenvalue weighted by Gasteiger charge is 2.28. The second-order valence-electron chi connectivity index (χ2n) is 7.78. The molecule has 2 aliphatic heterocycles. The highest BCUT2D eigenvalue weighted by molar-refractivity contribution is 5.94. The second kappa shape index (κ2) is 8.90. The van der Waals surface area contributed by atoms with Crippen LogP contribution in [0.3, 0.4) is 0 Å². The van der Waals surface area contributed by atoms with Gasteiger partial charge < -0.3 is 19.2 Å². The van der Waals surface area contributed by atoms with Crippen molar-refractivity contribution in [1.82, 2.24) is 9.80 Å². The first kappa shape index (κ1) is 19.2. The van der Waals surface area contributed by atoms with Gasteiger partial charge in [-0.05, 0) is 36.0 Å². The van der Waals surface area contributed by atoms with Gasteiger partial charge in [0.05, 0.1) is 31.9 Å². The molecule has 6 heteroatoms. The summed E-state index contributed by atoms with van der Waals surface area (Å²) >= 11 is 0. The highest BCUT2D eigenvalue weighted by atomic mass is 16.5. The van der Waals surface area contributed by atoms with Crippen molar-refractivity contribution in [2.45, 2.75) is 26.0 Å². The Morgan fingerprint density at radius 1 is 1.14 bits per heavy atom. The van der Waals surface area contributed by atoms with E-state index in [-0.39, 0.29) is 12.5 Å². The minimum atomic E-state index is 0.0589. The predicted molar refractivity (Wildman–Crippen MR) is 105 cm³/mol. The van der Waals surface area contributed by atoms with Gasteiger partial charge in [-0.3, -0.25) is 9.69 Å². The summed E-state index contributed by atoms with van der Waals surface area (Å²) in [5, 5.41) is 9.30. The first-order chi connectivity index (χ1) is 13.7. The molecule has 1 amide bonds. The van der Waals surface area contributed by atoms with Gasteiger partial charge in [0.15, 0.2) is 0 Å². The molecular weight excluding hydrogens is 356 g/mol. The summed E-state index contributed by atoms with van der Waals surface area (Å²) in [5.41, 5.74) is 2.81. The number of hydrogen-bond acceptors (Lipinski definition) is 5. The molecule has 2 saturated heterocycles. The second-order valence-corrected chi connectivity index (χ2v) is 7.78. The maximum atomic E-state index is 12.9. The van der Waals surface area contributed by atoms with Gasteiger partial charge in [0.1, 0.15) is 12.0 Å². The molecule has 28 heavy (non-hydrogen) atoms. The Morgan fingerprint density at radius 3 is 2.79 bits per heavy atom. The number of ether oxygens (including phenoxy) is 1. The molecule has 1 N–H and O–H groups in total. The van der Waals surface area contributed by atoms with Gasteiger partial charge in [-0.1, -0.05) is 24.3 Å². The number of amides is 1. The number of furan rings is 1. The molecule has 4 rings (SSSR count). The molecule has 2 aliphatic rings. The molecule has 150 valence electrons. The van der Waals surface area contributed by atoms with Crippen molar-refractivity contribution < 1.29 is 19.1 Å². The summed E-state index contributed by atoms with van der Waals surface area (Å²) in [6.45, 7) is 5.65. The van der Waals surface area contributed by atoms with Gasteiger partial charge in [0.2, 0.25) is 0 Å². The molecule has 3 heterocycles. The fourth-order valence-electron chi connectivity index (χ4n) is 4.11. The molecule has 1 atom stereocenters. The third kappa shape index (κ3) is 4.63. The lowest BCUT2D eigenvalue weighted by atomic mass is 9.97. The summed E-state index contributed by atoms with van der Waals surface area (Å²) in [6, 6.07) is 9.95. The average Bonchev–Trinajstić information content (AvgIpc) is 3.38. The van der Waals surface area contributed by atoms with Crippen LogP contribution in [0.5, 0.6) is 0 Å². The van der Waals surface area contributed by atoms with Crippen molar-refractivity contribution in [2.75, 3.05) is 39.4 Å². The summed E-state index contributed by atoms with van der Waals surface area (Å²) in [4.78, 5) is 17.1. The van der Waals surface area contributed by atoms with Gasteiger partial charge in [0, 0.05) is 26.2 Å². The molecule has 1 aromatic carbocycles. The minimum absolute atomic E-state index is 0.0589. The zero-order valence-corrected chi connectivity index (χ0v) is 16.2. The number of carbonyl (C=O) groups is 1. The number of nitrogens with zero attached hydrogens (tertiary/aromatic N) is 2. The zero-order valence-electron chi connectivity index (χ0n) is 16.2. The quantitative estimate of drug-likeness (QED) is 0.828. The molecule has 2 fully saturated rings. The molecule has 0 unspecified atom stereocenters. The van der Waals surface area contributed by atoms with Crippen LogP contribution in [-0.4, -0.2) is 60.2 Å². The normalized spacial score (nSPS) is 20.6. The predicted octanol–water partition coefficient (Wildman–Crippen LogP) is 2.31. The number of carbonyl (C=O) groups excluding carboxylic acids is 1. The monoisotopic (exact) mass is 384 g/mol. The topological polar surface area (TPSA) is 66.2 Å². The third-order valence-electron chi connectivity index (χ3n) is 5.66. The van der Waals surface area contributed by atoms with E-state index in [1.807, 2.05) is 23.1 Å². The van der Waals surface area contributed by atoms with Gasteiger partial charge in [-0.2, -0.15) is 0 Å². The zero-order chi connectivity index (χ0) is 19.3. The molecule has 0 saturated carbocycles. The van der Waals surface area contributed by atoms with E-state index in [1.165, 1.54) is 5.56 Å². The maximum absolute atomic E-state index is 12.9. The van der Waals surface area contributed by atoms with Crippen molar-refractivity contribution >= 4 is 5.91 Å². The lowest BCUT2D eigenvalue weighted by Crippen LogP contribution is -2.35. The number of benzene rings is 1. The van der Waals surface area contributed by atoms with E-state index in [1.54, 1.807) is 6.26 Å². The van der Waals surface area contributed by atoms with E-state index in [9.17, 15) is 9.90 Å². The van der Waals surface area contributed by atoms with E-state index in [0.717, 1.165) is 70.1 Å². The van der Waals surface area contributed by atoms with Crippen LogP contribution in [0.4, 0.5) is 0 Å². The van der Waals surface area contributed by atoms with Crippen LogP contribution in [0.25, 0.3) is 0 Å². The van der Waals surface area contributed by atoms with Crippen molar-refractivity contribution in [1.29, 1.82) is 0 Å². The number of morpholine rings is 1. The van der Waals surface area contributed by atoms with Gasteiger partial charge in [0.25, 0.3) is 5.91 Å². The Balaban J connectivity index is 1.31. The van der Waals surface area contributed by atoms with E-state index >= 15 is 0 Å². The Hall–Kier alpha value is -2.15. The van der Waals surface area contributed by atoms with Crippen LogP contribution in [0.15, 0.2) is 41.0 Å². The number of rotatable bonds is 6. The largest absolute Gasteiger partial charge is 0.467 e. The van der Waals surface area contributed by atoms with E-state index in [2.05, 4.69) is 17.0 Å². The van der Waals surface area contributed by atoms with Crippen LogP contribution in [0.2, 0.25) is 0 Å². The Kier molecular flexibility index (Phi) is 6.10. The lowest BCUT2D eigenvalue weighted by molar-refractivity contribution is 0.0313. The minimum Gasteiger partial charge on any atom is -0.467 e. The fraction of sp³-hybridized carbons (Fsp3) is 0.500. The standard InChI is InChI=1S/C22H28N2O4/c25-15-19-3-1-2-17(11-19)10-18-4-5-24(13-18)22(26)20-12-21(28-16-20)14-23-6-8-27-9-7-23/h1-3,11-12,16,18,25H,4-10,13-15H2/t18-/m0/s1. The number of aliphatic hydroxyl groups is 1. The molecule has 1 aromatic heterocycles. The first-order valence-electron chi connectivity index (χ1n) is 10.1. The van der Waals surface area contributed by atoms with E-state index < -0.39 is 0 Å². The molecule has 2 aromatic rings. The molecule has 6 nitrogen and oxygen atoms in total. The van der Waals surface area contributed by atoms with Crippen molar-refractivity contribution in [3.63, 3.8) is 0 Å². The Bertz CT molecular complexity index is 797. The van der Waals surface area contributed by atoms with Crippen LogP contribution in [0.1, 0.15) is 33.7 Å². The van der Waals surface area contributed by atoms with Crippen molar-refractivity contribution in [3.05, 3.63) is 59.0 Å².